The van der Waals surface area contributed by atoms with Crippen LogP contribution >= 0.6 is 0 Å². The number of aliphatic hydroxyl groups excluding tert-OH is 1. The third-order valence-corrected chi connectivity index (χ3v) is 3.46. The Balaban J connectivity index is 2.07. The van der Waals surface area contributed by atoms with Gasteiger partial charge >= 0.3 is 0 Å². The third kappa shape index (κ3) is 1.75. The minimum Gasteiger partial charge on any atom is -0.391 e. The number of hydrogen-bond acceptors (Lipinski definition) is 4. The molecule has 2 rings (SSSR count). The lowest BCUT2D eigenvalue weighted by Crippen LogP contribution is -2.51. The number of rotatable bonds is 1. The number of carbonyl (C=O) groups is 1. The summed E-state index contributed by atoms with van der Waals surface area (Å²) in [7, 11) is 0. The Morgan fingerprint density at radius 3 is 2.87 bits per heavy atom. The van der Waals surface area contributed by atoms with Gasteiger partial charge in [-0.15, -0.1) is 0 Å². The summed E-state index contributed by atoms with van der Waals surface area (Å²) in [5.74, 6) is 0.0176. The maximum absolute atomic E-state index is 12.2. The molecule has 0 bridgehead atoms. The van der Waals surface area contributed by atoms with E-state index in [1.54, 1.807) is 4.90 Å². The van der Waals surface area contributed by atoms with Crippen molar-refractivity contribution in [3.63, 3.8) is 0 Å². The molecule has 0 aliphatic carbocycles. The molecule has 5 heteroatoms. The van der Waals surface area contributed by atoms with Crippen molar-refractivity contribution in [1.82, 2.24) is 4.90 Å². The van der Waals surface area contributed by atoms with Gasteiger partial charge in [-0.1, -0.05) is 0 Å². The standard InChI is InChI=1S/C10H18N2O3/c1-10(6-15-5-8(10)11)9(14)12-3-2-7(13)4-12/h7-8,13H,2-6,11H2,1H3. The molecule has 2 saturated heterocycles. The fraction of sp³-hybridized carbons (Fsp3) is 0.900. The molecule has 0 saturated carbocycles. The monoisotopic (exact) mass is 214 g/mol. The number of β-amino-alcohol motifs (C(OH)–C–C–N with tert-alkyl or cyclic N) is 1. The molecule has 15 heavy (non-hydrogen) atoms. The number of aliphatic hydroxyl groups is 1. The van der Waals surface area contributed by atoms with Crippen molar-refractivity contribution < 1.29 is 14.6 Å². The van der Waals surface area contributed by atoms with Crippen LogP contribution in [-0.2, 0) is 9.53 Å². The Hall–Kier alpha value is -0.650. The number of amides is 1. The first kappa shape index (κ1) is 10.9. The summed E-state index contributed by atoms with van der Waals surface area (Å²) in [5, 5.41) is 9.38. The lowest BCUT2D eigenvalue weighted by molar-refractivity contribution is -0.141. The van der Waals surface area contributed by atoms with Crippen molar-refractivity contribution in [3.8, 4) is 0 Å². The van der Waals surface area contributed by atoms with Crippen LogP contribution in [0.3, 0.4) is 0 Å². The predicted molar refractivity (Wildman–Crippen MR) is 54.1 cm³/mol. The number of likely N-dealkylation sites (tertiary alicyclic amines) is 1. The largest absolute Gasteiger partial charge is 0.391 e. The van der Waals surface area contributed by atoms with Crippen molar-refractivity contribution in [2.75, 3.05) is 26.3 Å². The van der Waals surface area contributed by atoms with Gasteiger partial charge < -0.3 is 20.5 Å². The van der Waals surface area contributed by atoms with Crippen molar-refractivity contribution >= 4 is 5.91 Å². The summed E-state index contributed by atoms with van der Waals surface area (Å²) in [6, 6.07) is -0.234. The summed E-state index contributed by atoms with van der Waals surface area (Å²) in [6.07, 6.45) is 0.286. The smallest absolute Gasteiger partial charge is 0.232 e. The summed E-state index contributed by atoms with van der Waals surface area (Å²) in [4.78, 5) is 13.9. The number of ether oxygens (including phenoxy) is 1. The highest BCUT2D eigenvalue weighted by molar-refractivity contribution is 5.84. The highest BCUT2D eigenvalue weighted by atomic mass is 16.5. The molecule has 2 fully saturated rings. The van der Waals surface area contributed by atoms with Crippen LogP contribution in [0.15, 0.2) is 0 Å². The average Bonchev–Trinajstić information content (AvgIpc) is 2.75. The Morgan fingerprint density at radius 2 is 2.40 bits per heavy atom. The van der Waals surface area contributed by atoms with E-state index in [1.165, 1.54) is 0 Å². The van der Waals surface area contributed by atoms with E-state index < -0.39 is 5.41 Å². The SMILES string of the molecule is CC1(C(=O)N2CCC(O)C2)COCC1N. The van der Waals surface area contributed by atoms with E-state index in [0.717, 1.165) is 0 Å². The van der Waals surface area contributed by atoms with Gasteiger partial charge in [-0.25, -0.2) is 0 Å². The minimum absolute atomic E-state index is 0.0176. The Kier molecular flexibility index (Phi) is 2.70. The van der Waals surface area contributed by atoms with E-state index in [1.807, 2.05) is 6.92 Å². The quantitative estimate of drug-likeness (QED) is 0.583. The molecule has 2 heterocycles. The summed E-state index contributed by atoms with van der Waals surface area (Å²) in [6.45, 7) is 3.74. The normalized spacial score (nSPS) is 41.1. The molecule has 0 aromatic carbocycles. The summed E-state index contributed by atoms with van der Waals surface area (Å²) in [5.41, 5.74) is 5.27. The van der Waals surface area contributed by atoms with Crippen molar-refractivity contribution in [2.45, 2.75) is 25.5 Å². The average molecular weight is 214 g/mol. The fourth-order valence-electron chi connectivity index (χ4n) is 2.20. The second-order valence-electron chi connectivity index (χ2n) is 4.73. The van der Waals surface area contributed by atoms with E-state index in [-0.39, 0.29) is 18.1 Å². The zero-order valence-corrected chi connectivity index (χ0v) is 8.98. The zero-order chi connectivity index (χ0) is 11.1. The summed E-state index contributed by atoms with van der Waals surface area (Å²) >= 11 is 0. The molecule has 3 N–H and O–H groups in total. The second-order valence-corrected chi connectivity index (χ2v) is 4.73. The van der Waals surface area contributed by atoms with Gasteiger partial charge in [-0.2, -0.15) is 0 Å². The minimum atomic E-state index is -0.607. The molecular weight excluding hydrogens is 196 g/mol. The first-order chi connectivity index (χ1) is 7.04. The Bertz CT molecular complexity index is 271. The van der Waals surface area contributed by atoms with Gasteiger partial charge in [0.05, 0.1) is 24.7 Å². The Morgan fingerprint density at radius 1 is 1.67 bits per heavy atom. The number of nitrogens with zero attached hydrogens (tertiary/aromatic N) is 1. The van der Waals surface area contributed by atoms with Crippen LogP contribution in [0.5, 0.6) is 0 Å². The molecule has 0 aromatic heterocycles. The van der Waals surface area contributed by atoms with Crippen molar-refractivity contribution in [1.29, 1.82) is 0 Å². The van der Waals surface area contributed by atoms with Gasteiger partial charge in [0.25, 0.3) is 0 Å². The van der Waals surface area contributed by atoms with Crippen LogP contribution in [0.25, 0.3) is 0 Å². The van der Waals surface area contributed by atoms with Crippen molar-refractivity contribution in [2.24, 2.45) is 11.1 Å². The molecule has 86 valence electrons. The molecule has 2 aliphatic heterocycles. The molecule has 0 radical (unpaired) electrons. The molecule has 2 aliphatic rings. The van der Waals surface area contributed by atoms with Gasteiger partial charge in [0.1, 0.15) is 0 Å². The second kappa shape index (κ2) is 3.73. The van der Waals surface area contributed by atoms with Crippen molar-refractivity contribution in [3.05, 3.63) is 0 Å². The molecule has 1 amide bonds. The van der Waals surface area contributed by atoms with Crippen LogP contribution < -0.4 is 5.73 Å². The first-order valence-electron chi connectivity index (χ1n) is 5.35. The molecule has 3 unspecified atom stereocenters. The number of nitrogens with two attached hydrogens (primary N) is 1. The van der Waals surface area contributed by atoms with Gasteiger partial charge in [0.2, 0.25) is 5.91 Å². The lowest BCUT2D eigenvalue weighted by Gasteiger charge is -2.30. The topological polar surface area (TPSA) is 75.8 Å². The van der Waals surface area contributed by atoms with Gasteiger partial charge in [0.15, 0.2) is 0 Å². The Labute approximate surface area is 89.2 Å². The van der Waals surface area contributed by atoms with E-state index in [4.69, 9.17) is 10.5 Å². The lowest BCUT2D eigenvalue weighted by atomic mass is 9.84. The van der Waals surface area contributed by atoms with Gasteiger partial charge in [-0.05, 0) is 13.3 Å². The highest BCUT2D eigenvalue weighted by Crippen LogP contribution is 2.30. The first-order valence-corrected chi connectivity index (χ1v) is 5.35. The molecular formula is C10H18N2O3. The van der Waals surface area contributed by atoms with E-state index in [2.05, 4.69) is 0 Å². The van der Waals surface area contributed by atoms with E-state index in [0.29, 0.717) is 32.7 Å². The number of carbonyl (C=O) groups excluding carboxylic acids is 1. The van der Waals surface area contributed by atoms with Gasteiger partial charge in [0, 0.05) is 19.1 Å². The van der Waals surface area contributed by atoms with Crippen LogP contribution in [0.1, 0.15) is 13.3 Å². The van der Waals surface area contributed by atoms with Crippen LogP contribution in [0.4, 0.5) is 0 Å². The van der Waals surface area contributed by atoms with Crippen LogP contribution in [-0.4, -0.2) is 54.4 Å². The fourth-order valence-corrected chi connectivity index (χ4v) is 2.20. The third-order valence-electron chi connectivity index (χ3n) is 3.46. The zero-order valence-electron chi connectivity index (χ0n) is 8.98. The number of hydrogen-bond donors (Lipinski definition) is 2. The van der Waals surface area contributed by atoms with Crippen LogP contribution in [0, 0.1) is 5.41 Å². The van der Waals surface area contributed by atoms with Crippen LogP contribution in [0.2, 0.25) is 0 Å². The maximum atomic E-state index is 12.2. The predicted octanol–water partition coefficient (Wildman–Crippen LogP) is -1.06. The highest BCUT2D eigenvalue weighted by Gasteiger charge is 2.47. The molecule has 3 atom stereocenters. The molecule has 0 aromatic rings. The molecule has 0 spiro atoms. The van der Waals surface area contributed by atoms with E-state index in [9.17, 15) is 9.90 Å². The summed E-state index contributed by atoms with van der Waals surface area (Å²) < 4.78 is 5.24. The van der Waals surface area contributed by atoms with Gasteiger partial charge in [-0.3, -0.25) is 4.79 Å². The van der Waals surface area contributed by atoms with E-state index >= 15 is 0 Å². The maximum Gasteiger partial charge on any atom is 0.232 e. The molecule has 5 nitrogen and oxygen atoms in total.